The van der Waals surface area contributed by atoms with E-state index in [1.54, 1.807) is 41.1 Å². The van der Waals surface area contributed by atoms with E-state index in [0.29, 0.717) is 18.4 Å². The van der Waals surface area contributed by atoms with E-state index in [-0.39, 0.29) is 30.0 Å². The van der Waals surface area contributed by atoms with Gasteiger partial charge in [-0.2, -0.15) is 0 Å². The van der Waals surface area contributed by atoms with Crippen LogP contribution >= 0.6 is 0 Å². The summed E-state index contributed by atoms with van der Waals surface area (Å²) in [7, 11) is 7.27. The number of nitrogens with zero attached hydrogens (tertiary/aromatic N) is 3. The highest BCUT2D eigenvalue weighted by atomic mass is 16.7. The van der Waals surface area contributed by atoms with Gasteiger partial charge in [0.2, 0.25) is 0 Å². The molecule has 0 saturated carbocycles. The van der Waals surface area contributed by atoms with Gasteiger partial charge in [0.15, 0.2) is 17.7 Å². The van der Waals surface area contributed by atoms with Crippen molar-refractivity contribution >= 4 is 17.8 Å². The van der Waals surface area contributed by atoms with Crippen LogP contribution in [0.25, 0.3) is 0 Å². The Morgan fingerprint density at radius 1 is 1.08 bits per heavy atom. The minimum absolute atomic E-state index is 0.0595. The number of hydrogen-bond donors (Lipinski definition) is 0. The number of Topliss-reactive ketones (excluding diaryl/α,β-unsaturated/α-hetero) is 1. The lowest BCUT2D eigenvalue weighted by Crippen LogP contribution is -2.58. The molecule has 0 aliphatic carbocycles. The van der Waals surface area contributed by atoms with Crippen LogP contribution in [0, 0.1) is 23.2 Å². The van der Waals surface area contributed by atoms with Crippen LogP contribution in [0.4, 0.5) is 4.79 Å². The molecule has 1 aromatic rings. The van der Waals surface area contributed by atoms with E-state index in [1.807, 2.05) is 41.8 Å². The van der Waals surface area contributed by atoms with Crippen molar-refractivity contribution in [3.8, 4) is 0 Å². The summed E-state index contributed by atoms with van der Waals surface area (Å²) in [6.07, 6.45) is 3.53. The Bertz CT molecular complexity index is 1270. The van der Waals surface area contributed by atoms with Gasteiger partial charge < -0.3 is 33.3 Å². The first-order valence-corrected chi connectivity index (χ1v) is 17.1. The summed E-state index contributed by atoms with van der Waals surface area (Å²) in [6.45, 7) is 17.0. The maximum absolute atomic E-state index is 14.0. The molecule has 0 radical (unpaired) electrons. The molecule has 272 valence electrons. The lowest BCUT2D eigenvalue weighted by molar-refractivity contribution is -0.295. The molecule has 2 aliphatic heterocycles. The second-order valence-electron chi connectivity index (χ2n) is 14.8. The van der Waals surface area contributed by atoms with Gasteiger partial charge in [-0.25, -0.2) is 14.3 Å². The number of methoxy groups -OCH3 is 2. The fourth-order valence-electron chi connectivity index (χ4n) is 7.78. The fraction of sp³-hybridized carbons (Fsp3) is 0.778. The Hall–Kier alpha value is -2.64. The number of carbonyl (C=O) groups excluding carboxylic acids is 3. The van der Waals surface area contributed by atoms with Crippen LogP contribution in [0.2, 0.25) is 0 Å². The standard InChI is InChI=1S/C36H59N3O9/c1-14-27-36(9,48-34(42)39-16-15-37-20-39)19-22(3)28(40)21(2)18-35(7,8)31(24(5)29(43-12)25(6)32(41)46-27)47-33-30(44-13)26(38(10)11)17-23(4)45-33/h15-16,19-21,23-27,29-31,33H,14,17-18H2,1-13H3/b22-19+/t21?,23?,24?,25?,26?,27-,29?,30?,31?,33?,36?/m1/s1. The molecule has 1 aromatic heterocycles. The summed E-state index contributed by atoms with van der Waals surface area (Å²) < 4.78 is 38.7. The van der Waals surface area contributed by atoms with Crippen LogP contribution in [-0.4, -0.2) is 109 Å². The number of allylic oxidation sites excluding steroid dienone is 1. The Morgan fingerprint density at radius 3 is 2.27 bits per heavy atom. The molecule has 12 nitrogen and oxygen atoms in total. The third-order valence-electron chi connectivity index (χ3n) is 10.2. The molecule has 12 heteroatoms. The van der Waals surface area contributed by atoms with Crippen molar-refractivity contribution in [1.82, 2.24) is 14.5 Å². The first-order valence-electron chi connectivity index (χ1n) is 17.1. The lowest BCUT2D eigenvalue weighted by Gasteiger charge is -2.48. The van der Waals surface area contributed by atoms with Crippen LogP contribution in [0.15, 0.2) is 30.4 Å². The van der Waals surface area contributed by atoms with Gasteiger partial charge in [-0.05, 0) is 78.1 Å². The van der Waals surface area contributed by atoms with Crippen molar-refractivity contribution in [2.24, 2.45) is 23.2 Å². The number of hydrogen-bond acceptors (Lipinski definition) is 11. The van der Waals surface area contributed by atoms with E-state index in [4.69, 9.17) is 28.4 Å². The summed E-state index contributed by atoms with van der Waals surface area (Å²) in [5.74, 6) is -2.13. The van der Waals surface area contributed by atoms with E-state index in [0.717, 1.165) is 6.42 Å². The number of esters is 1. The quantitative estimate of drug-likeness (QED) is 0.350. The second kappa shape index (κ2) is 16.4. The highest BCUT2D eigenvalue weighted by Gasteiger charge is 2.49. The summed E-state index contributed by atoms with van der Waals surface area (Å²) in [6, 6.07) is 0.0595. The predicted octanol–water partition coefficient (Wildman–Crippen LogP) is 5.28. The van der Waals surface area contributed by atoms with Crippen LogP contribution in [0.3, 0.4) is 0 Å². The van der Waals surface area contributed by atoms with Crippen LogP contribution in [0.5, 0.6) is 0 Å². The molecule has 0 bridgehead atoms. The minimum atomic E-state index is -1.46. The molecule has 0 amide bonds. The summed E-state index contributed by atoms with van der Waals surface area (Å²) in [4.78, 5) is 47.2. The van der Waals surface area contributed by atoms with Gasteiger partial charge >= 0.3 is 12.1 Å². The SMILES string of the molecule is CC[C@H]1OC(=O)C(C)C(OC)C(C)C(OC2OC(C)CC(N(C)C)C2OC)C(C)(C)CC(C)C(=O)/C(C)=C/C1(C)OC(=O)n1ccnc1. The number of imidazole rings is 1. The fourth-order valence-corrected chi connectivity index (χ4v) is 7.78. The number of aromatic nitrogens is 2. The molecule has 3 rings (SSSR count). The van der Waals surface area contributed by atoms with Gasteiger partial charge in [0.25, 0.3) is 0 Å². The number of rotatable bonds is 7. The molecule has 1 fully saturated rings. The topological polar surface area (TPSA) is 128 Å². The van der Waals surface area contributed by atoms with E-state index in [2.05, 4.69) is 23.7 Å². The highest BCUT2D eigenvalue weighted by Crippen LogP contribution is 2.42. The van der Waals surface area contributed by atoms with Gasteiger partial charge in [0, 0.05) is 44.5 Å². The molecule has 3 heterocycles. The number of ketones is 1. The van der Waals surface area contributed by atoms with Gasteiger partial charge in [-0.1, -0.05) is 34.6 Å². The highest BCUT2D eigenvalue weighted by molar-refractivity contribution is 5.96. The number of cyclic esters (lactones) is 1. The Morgan fingerprint density at radius 2 is 1.73 bits per heavy atom. The van der Waals surface area contributed by atoms with Crippen molar-refractivity contribution in [1.29, 1.82) is 0 Å². The predicted molar refractivity (Wildman–Crippen MR) is 180 cm³/mol. The van der Waals surface area contributed by atoms with Gasteiger partial charge in [-0.15, -0.1) is 0 Å². The smallest absolute Gasteiger partial charge is 0.420 e. The normalized spacial score (nSPS) is 38.1. The molecule has 11 atom stereocenters. The van der Waals surface area contributed by atoms with E-state index >= 15 is 0 Å². The number of ether oxygens (including phenoxy) is 6. The zero-order chi connectivity index (χ0) is 36.1. The van der Waals surface area contributed by atoms with Gasteiger partial charge in [0.1, 0.15) is 18.5 Å². The maximum atomic E-state index is 14.0. The van der Waals surface area contributed by atoms with Gasteiger partial charge in [0.05, 0.1) is 24.2 Å². The van der Waals surface area contributed by atoms with Crippen molar-refractivity contribution in [2.75, 3.05) is 28.3 Å². The second-order valence-corrected chi connectivity index (χ2v) is 14.8. The summed E-state index contributed by atoms with van der Waals surface area (Å²) >= 11 is 0. The molecule has 48 heavy (non-hydrogen) atoms. The largest absolute Gasteiger partial charge is 0.457 e. The molecule has 0 N–H and O–H groups in total. The Labute approximate surface area is 286 Å². The molecule has 10 unspecified atom stereocenters. The zero-order valence-corrected chi connectivity index (χ0v) is 31.2. The lowest BCUT2D eigenvalue weighted by atomic mass is 9.70. The Kier molecular flexibility index (Phi) is 13.6. The first-order chi connectivity index (χ1) is 22.4. The van der Waals surface area contributed by atoms with Crippen molar-refractivity contribution < 1.29 is 42.8 Å². The average Bonchev–Trinajstić information content (AvgIpc) is 3.56. The zero-order valence-electron chi connectivity index (χ0n) is 31.2. The molecular formula is C36H59N3O9. The number of likely N-dealkylation sites (N-methyl/N-ethyl adjacent to an activating group) is 1. The summed E-state index contributed by atoms with van der Waals surface area (Å²) in [5.41, 5.74) is -1.66. The monoisotopic (exact) mass is 677 g/mol. The minimum Gasteiger partial charge on any atom is -0.457 e. The summed E-state index contributed by atoms with van der Waals surface area (Å²) in [5, 5.41) is 0. The molecule has 2 aliphatic rings. The Balaban J connectivity index is 2.11. The third kappa shape index (κ3) is 8.93. The molecular weight excluding hydrogens is 618 g/mol. The first kappa shape index (κ1) is 39.8. The van der Waals surface area contributed by atoms with Crippen LogP contribution < -0.4 is 0 Å². The van der Waals surface area contributed by atoms with Crippen LogP contribution in [-0.2, 0) is 38.0 Å². The van der Waals surface area contributed by atoms with Crippen molar-refractivity contribution in [3.05, 3.63) is 30.4 Å². The molecule has 0 spiro atoms. The molecule has 1 saturated heterocycles. The van der Waals surface area contributed by atoms with E-state index in [1.165, 1.54) is 23.3 Å². The number of carbonyl (C=O) groups is 3. The maximum Gasteiger partial charge on any atom is 0.420 e. The van der Waals surface area contributed by atoms with E-state index < -0.39 is 59.5 Å². The molecule has 0 aromatic carbocycles. The van der Waals surface area contributed by atoms with Gasteiger partial charge in [-0.3, -0.25) is 9.59 Å². The average molecular weight is 678 g/mol. The van der Waals surface area contributed by atoms with Crippen LogP contribution in [0.1, 0.15) is 81.6 Å². The van der Waals surface area contributed by atoms with Crippen molar-refractivity contribution in [3.63, 3.8) is 0 Å². The third-order valence-corrected chi connectivity index (χ3v) is 10.2. The van der Waals surface area contributed by atoms with E-state index in [9.17, 15) is 14.4 Å². The van der Waals surface area contributed by atoms with Crippen molar-refractivity contribution in [2.45, 2.75) is 130 Å².